The van der Waals surface area contributed by atoms with Crippen molar-refractivity contribution in [1.82, 2.24) is 5.32 Å². The third kappa shape index (κ3) is 3.50. The summed E-state index contributed by atoms with van der Waals surface area (Å²) in [4.78, 5) is 4.68. The van der Waals surface area contributed by atoms with Gasteiger partial charge in [-0.15, -0.1) is 0 Å². The first-order valence-corrected chi connectivity index (χ1v) is 7.28. The molecule has 1 heterocycles. The molecule has 0 spiro atoms. The topological polar surface area (TPSA) is 24.4 Å². The van der Waals surface area contributed by atoms with E-state index >= 15 is 0 Å². The molecular weight excluding hydrogens is 228 g/mol. The largest absolute Gasteiger partial charge is 0.362 e. The van der Waals surface area contributed by atoms with E-state index in [0.717, 1.165) is 18.1 Å². The quantitative estimate of drug-likeness (QED) is 0.888. The minimum Gasteiger partial charge on any atom is -0.362 e. The number of rotatable bonds is 3. The van der Waals surface area contributed by atoms with Crippen molar-refractivity contribution in [3.05, 3.63) is 35.4 Å². The summed E-state index contributed by atoms with van der Waals surface area (Å²) in [5.74, 6) is 1.18. The first-order valence-electron chi connectivity index (χ1n) is 6.30. The zero-order valence-corrected chi connectivity index (χ0v) is 11.4. The molecule has 17 heavy (non-hydrogen) atoms. The van der Waals surface area contributed by atoms with Crippen molar-refractivity contribution in [1.29, 1.82) is 0 Å². The van der Waals surface area contributed by atoms with Crippen LogP contribution in [0.3, 0.4) is 0 Å². The molecule has 1 aromatic rings. The molecule has 92 valence electrons. The van der Waals surface area contributed by atoms with E-state index in [1.807, 2.05) is 11.8 Å². The molecule has 0 saturated carbocycles. The van der Waals surface area contributed by atoms with E-state index in [9.17, 15) is 0 Å². The zero-order chi connectivity index (χ0) is 12.1. The van der Waals surface area contributed by atoms with Crippen molar-refractivity contribution < 1.29 is 0 Å². The van der Waals surface area contributed by atoms with E-state index in [1.165, 1.54) is 23.3 Å². The van der Waals surface area contributed by atoms with Crippen LogP contribution in [0.5, 0.6) is 0 Å². The van der Waals surface area contributed by atoms with E-state index in [2.05, 4.69) is 48.4 Å². The van der Waals surface area contributed by atoms with Crippen LogP contribution >= 0.6 is 11.8 Å². The molecular formula is C14H20N2S. The molecule has 0 aliphatic carbocycles. The maximum absolute atomic E-state index is 4.68. The first-order chi connectivity index (χ1) is 8.29. The fourth-order valence-electron chi connectivity index (χ4n) is 1.96. The second-order valence-corrected chi connectivity index (χ2v) is 5.51. The molecule has 1 aliphatic heterocycles. The zero-order valence-electron chi connectivity index (χ0n) is 10.6. The van der Waals surface area contributed by atoms with E-state index in [4.69, 9.17) is 0 Å². The van der Waals surface area contributed by atoms with Crippen LogP contribution in [-0.2, 0) is 13.0 Å². The molecule has 0 aromatic heterocycles. The predicted molar refractivity (Wildman–Crippen MR) is 76.6 cm³/mol. The summed E-state index contributed by atoms with van der Waals surface area (Å²) in [7, 11) is 0. The molecule has 1 unspecified atom stereocenters. The maximum Gasteiger partial charge on any atom is 0.157 e. The number of nitrogens with one attached hydrogen (secondary N) is 1. The number of hydrogen-bond donors (Lipinski definition) is 1. The molecule has 0 amide bonds. The maximum atomic E-state index is 4.68. The van der Waals surface area contributed by atoms with Crippen molar-refractivity contribution in [2.75, 3.05) is 5.75 Å². The summed E-state index contributed by atoms with van der Waals surface area (Å²) >= 11 is 1.84. The second-order valence-electron chi connectivity index (χ2n) is 4.43. The first kappa shape index (κ1) is 12.5. The van der Waals surface area contributed by atoms with Gasteiger partial charge in [0.15, 0.2) is 5.17 Å². The summed E-state index contributed by atoms with van der Waals surface area (Å²) in [6.07, 6.45) is 2.31. The van der Waals surface area contributed by atoms with E-state index in [-0.39, 0.29) is 0 Å². The number of amidine groups is 1. The van der Waals surface area contributed by atoms with Gasteiger partial charge in [-0.3, -0.25) is 4.99 Å². The van der Waals surface area contributed by atoms with Crippen LogP contribution in [0.1, 0.15) is 31.4 Å². The van der Waals surface area contributed by atoms with Gasteiger partial charge in [0, 0.05) is 11.8 Å². The lowest BCUT2D eigenvalue weighted by Gasteiger charge is -2.21. The Balaban J connectivity index is 2.03. The Hall–Kier alpha value is -0.960. The standard InChI is InChI=1S/C14H20N2S/c1-3-12-6-4-5-7-13(12)10-15-14-16-11(2)8-9-17-14/h4-7,11H,3,8-10H2,1-2H3,(H,15,16). The molecule has 1 saturated heterocycles. The molecule has 1 N–H and O–H groups in total. The molecule has 1 aromatic carbocycles. The van der Waals surface area contributed by atoms with Gasteiger partial charge in [0.2, 0.25) is 0 Å². The van der Waals surface area contributed by atoms with Crippen LogP contribution in [0.2, 0.25) is 0 Å². The third-order valence-electron chi connectivity index (χ3n) is 3.05. The molecule has 0 bridgehead atoms. The molecule has 3 heteroatoms. The third-order valence-corrected chi connectivity index (χ3v) is 4.01. The van der Waals surface area contributed by atoms with Gasteiger partial charge >= 0.3 is 0 Å². The Kier molecular flexibility index (Phi) is 4.49. The summed E-state index contributed by atoms with van der Waals surface area (Å²) in [6.45, 7) is 5.21. The highest BCUT2D eigenvalue weighted by Crippen LogP contribution is 2.16. The van der Waals surface area contributed by atoms with Gasteiger partial charge in [0.05, 0.1) is 6.54 Å². The number of hydrogen-bond acceptors (Lipinski definition) is 2. The Morgan fingerprint density at radius 2 is 2.12 bits per heavy atom. The Morgan fingerprint density at radius 3 is 2.82 bits per heavy atom. The van der Waals surface area contributed by atoms with Gasteiger partial charge in [-0.05, 0) is 30.9 Å². The molecule has 1 atom stereocenters. The van der Waals surface area contributed by atoms with Gasteiger partial charge in [-0.25, -0.2) is 0 Å². The van der Waals surface area contributed by atoms with Gasteiger partial charge in [-0.1, -0.05) is 43.0 Å². The van der Waals surface area contributed by atoms with Gasteiger partial charge < -0.3 is 5.32 Å². The lowest BCUT2D eigenvalue weighted by molar-refractivity contribution is 0.642. The minimum atomic E-state index is 0.566. The van der Waals surface area contributed by atoms with Crippen LogP contribution in [0, 0.1) is 0 Å². The highest BCUT2D eigenvalue weighted by Gasteiger charge is 2.12. The fraction of sp³-hybridized carbons (Fsp3) is 0.500. The normalized spacial score (nSPS) is 22.5. The second kappa shape index (κ2) is 6.10. The Labute approximate surface area is 108 Å². The Bertz CT molecular complexity index is 401. The lowest BCUT2D eigenvalue weighted by Crippen LogP contribution is -2.35. The summed E-state index contributed by atoms with van der Waals surface area (Å²) in [5.41, 5.74) is 2.76. The van der Waals surface area contributed by atoms with Crippen molar-refractivity contribution in [2.24, 2.45) is 4.99 Å². The SMILES string of the molecule is CCc1ccccc1CN=C1NC(C)CCS1. The number of benzene rings is 1. The van der Waals surface area contributed by atoms with Crippen molar-refractivity contribution in [3.63, 3.8) is 0 Å². The average molecular weight is 248 g/mol. The number of aryl methyl sites for hydroxylation is 1. The summed E-state index contributed by atoms with van der Waals surface area (Å²) in [5, 5.41) is 4.54. The number of nitrogens with zero attached hydrogens (tertiary/aromatic N) is 1. The van der Waals surface area contributed by atoms with Gasteiger partial charge in [0.25, 0.3) is 0 Å². The molecule has 0 radical (unpaired) electrons. The van der Waals surface area contributed by atoms with Crippen molar-refractivity contribution in [3.8, 4) is 0 Å². The highest BCUT2D eigenvalue weighted by molar-refractivity contribution is 8.13. The smallest absolute Gasteiger partial charge is 0.157 e. The molecule has 1 fully saturated rings. The highest BCUT2D eigenvalue weighted by atomic mass is 32.2. The summed E-state index contributed by atoms with van der Waals surface area (Å²) in [6, 6.07) is 9.14. The molecule has 1 aliphatic rings. The van der Waals surface area contributed by atoms with Gasteiger partial charge in [-0.2, -0.15) is 0 Å². The van der Waals surface area contributed by atoms with E-state index in [0.29, 0.717) is 6.04 Å². The van der Waals surface area contributed by atoms with Crippen LogP contribution in [0.25, 0.3) is 0 Å². The van der Waals surface area contributed by atoms with Crippen LogP contribution in [0.15, 0.2) is 29.3 Å². The average Bonchev–Trinajstić information content (AvgIpc) is 2.37. The van der Waals surface area contributed by atoms with Gasteiger partial charge in [0.1, 0.15) is 0 Å². The van der Waals surface area contributed by atoms with E-state index in [1.54, 1.807) is 0 Å². The number of thioether (sulfide) groups is 1. The minimum absolute atomic E-state index is 0.566. The van der Waals surface area contributed by atoms with Crippen molar-refractivity contribution >= 4 is 16.9 Å². The monoisotopic (exact) mass is 248 g/mol. The lowest BCUT2D eigenvalue weighted by atomic mass is 10.1. The molecule has 2 nitrogen and oxygen atoms in total. The van der Waals surface area contributed by atoms with Crippen LogP contribution in [0.4, 0.5) is 0 Å². The predicted octanol–water partition coefficient (Wildman–Crippen LogP) is 3.22. The number of aliphatic imine (C=N–C) groups is 1. The summed E-state index contributed by atoms with van der Waals surface area (Å²) < 4.78 is 0. The van der Waals surface area contributed by atoms with E-state index < -0.39 is 0 Å². The van der Waals surface area contributed by atoms with Crippen molar-refractivity contribution in [2.45, 2.75) is 39.3 Å². The molecule has 2 rings (SSSR count). The van der Waals surface area contributed by atoms with Crippen LogP contribution in [-0.4, -0.2) is 17.0 Å². The van der Waals surface area contributed by atoms with Crippen LogP contribution < -0.4 is 5.32 Å². The Morgan fingerprint density at radius 1 is 1.35 bits per heavy atom. The fourth-order valence-corrected chi connectivity index (χ4v) is 3.07.